The maximum absolute atomic E-state index is 10.9. The number of thioether (sulfide) groups is 1. The maximum atomic E-state index is 10.9. The molecule has 0 fully saturated rings. The van der Waals surface area contributed by atoms with Crippen molar-refractivity contribution in [3.05, 3.63) is 29.3 Å². The summed E-state index contributed by atoms with van der Waals surface area (Å²) in [7, 11) is 1.55. The lowest BCUT2D eigenvalue weighted by Crippen LogP contribution is -2.03. The highest BCUT2D eigenvalue weighted by Gasteiger charge is 2.13. The van der Waals surface area contributed by atoms with Crippen LogP contribution in [0.5, 0.6) is 5.75 Å². The summed E-state index contributed by atoms with van der Waals surface area (Å²) in [6, 6.07) is 5.06. The van der Waals surface area contributed by atoms with Crippen molar-refractivity contribution in [1.29, 1.82) is 0 Å². The number of ether oxygens (including phenoxy) is 1. The second kappa shape index (κ2) is 4.91. The summed E-state index contributed by atoms with van der Waals surface area (Å²) in [4.78, 5) is 10.9. The molecule has 0 unspecified atom stereocenters. The molecule has 4 heteroatoms. The van der Waals surface area contributed by atoms with Crippen LogP contribution < -0.4 is 4.74 Å². The van der Waals surface area contributed by atoms with Gasteiger partial charge in [0.1, 0.15) is 5.75 Å². The van der Waals surface area contributed by atoms with Crippen LogP contribution in [0.3, 0.4) is 0 Å². The van der Waals surface area contributed by atoms with Crippen molar-refractivity contribution in [2.75, 3.05) is 13.4 Å². The molecule has 0 aliphatic heterocycles. The van der Waals surface area contributed by atoms with Crippen LogP contribution in [-0.4, -0.2) is 24.4 Å². The van der Waals surface area contributed by atoms with Crippen molar-refractivity contribution in [1.82, 2.24) is 0 Å². The van der Waals surface area contributed by atoms with Crippen molar-refractivity contribution in [3.8, 4) is 5.75 Å². The molecular formula is C10H12O3S. The fraction of sp³-hybridized carbons (Fsp3) is 0.300. The zero-order valence-electron chi connectivity index (χ0n) is 8.11. The van der Waals surface area contributed by atoms with E-state index in [1.807, 2.05) is 6.26 Å². The smallest absolute Gasteiger partial charge is 0.336 e. The Kier molecular flexibility index (Phi) is 3.83. The number of hydrogen-bond donors (Lipinski definition) is 1. The SMILES string of the molecule is COc1cccc(C(=O)O)c1CSC. The first-order chi connectivity index (χ1) is 6.70. The second-order valence-corrected chi connectivity index (χ2v) is 3.59. The normalized spacial score (nSPS) is 9.86. The van der Waals surface area contributed by atoms with Gasteiger partial charge >= 0.3 is 5.97 Å². The van der Waals surface area contributed by atoms with Crippen molar-refractivity contribution in [2.24, 2.45) is 0 Å². The lowest BCUT2D eigenvalue weighted by atomic mass is 10.1. The van der Waals surface area contributed by atoms with Crippen LogP contribution in [0.1, 0.15) is 15.9 Å². The zero-order chi connectivity index (χ0) is 10.6. The molecule has 0 atom stereocenters. The second-order valence-electron chi connectivity index (χ2n) is 2.72. The molecule has 14 heavy (non-hydrogen) atoms. The van der Waals surface area contributed by atoms with Gasteiger partial charge in [-0.2, -0.15) is 11.8 Å². The molecule has 3 nitrogen and oxygen atoms in total. The molecule has 0 amide bonds. The average Bonchev–Trinajstić information content (AvgIpc) is 2.18. The van der Waals surface area contributed by atoms with Crippen LogP contribution in [-0.2, 0) is 5.75 Å². The molecule has 0 radical (unpaired) electrons. The summed E-state index contributed by atoms with van der Waals surface area (Å²) in [5.74, 6) is 0.373. The number of carbonyl (C=O) groups is 1. The molecule has 1 N–H and O–H groups in total. The lowest BCUT2D eigenvalue weighted by molar-refractivity contribution is 0.0695. The standard InChI is InChI=1S/C10H12O3S/c1-13-9-5-3-4-7(10(11)12)8(9)6-14-2/h3-5H,6H2,1-2H3,(H,11,12). The van der Waals surface area contributed by atoms with Gasteiger partial charge in [0.2, 0.25) is 0 Å². The first-order valence-corrected chi connectivity index (χ1v) is 5.48. The van der Waals surface area contributed by atoms with Crippen LogP contribution in [0.15, 0.2) is 18.2 Å². The molecule has 0 saturated heterocycles. The minimum Gasteiger partial charge on any atom is -0.496 e. The monoisotopic (exact) mass is 212 g/mol. The van der Waals surface area contributed by atoms with Crippen molar-refractivity contribution >= 4 is 17.7 Å². The number of rotatable bonds is 4. The fourth-order valence-electron chi connectivity index (χ4n) is 1.25. The van der Waals surface area contributed by atoms with Crippen LogP contribution in [0.4, 0.5) is 0 Å². The van der Waals surface area contributed by atoms with Crippen LogP contribution in [0.25, 0.3) is 0 Å². The van der Waals surface area contributed by atoms with E-state index in [1.54, 1.807) is 37.1 Å². The largest absolute Gasteiger partial charge is 0.496 e. The van der Waals surface area contributed by atoms with E-state index in [2.05, 4.69) is 0 Å². The van der Waals surface area contributed by atoms with Gasteiger partial charge in [-0.05, 0) is 18.4 Å². The number of carboxylic acid groups (broad SMARTS) is 1. The van der Waals surface area contributed by atoms with E-state index in [4.69, 9.17) is 9.84 Å². The minimum atomic E-state index is -0.909. The Morgan fingerprint density at radius 3 is 2.79 bits per heavy atom. The summed E-state index contributed by atoms with van der Waals surface area (Å²) < 4.78 is 5.11. The van der Waals surface area contributed by atoms with Crippen LogP contribution >= 0.6 is 11.8 Å². The summed E-state index contributed by atoms with van der Waals surface area (Å²) >= 11 is 1.57. The number of hydrogen-bond acceptors (Lipinski definition) is 3. The van der Waals surface area contributed by atoms with E-state index < -0.39 is 5.97 Å². The molecular weight excluding hydrogens is 200 g/mol. The van der Waals surface area contributed by atoms with Gasteiger partial charge in [-0.15, -0.1) is 0 Å². The van der Waals surface area contributed by atoms with E-state index in [1.165, 1.54) is 0 Å². The van der Waals surface area contributed by atoms with Gasteiger partial charge in [-0.25, -0.2) is 4.79 Å². The molecule has 0 spiro atoms. The lowest BCUT2D eigenvalue weighted by Gasteiger charge is -2.09. The predicted octanol–water partition coefficient (Wildman–Crippen LogP) is 2.26. The van der Waals surface area contributed by atoms with Crippen molar-refractivity contribution in [2.45, 2.75) is 5.75 Å². The molecule has 0 aromatic heterocycles. The Morgan fingerprint density at radius 1 is 1.57 bits per heavy atom. The summed E-state index contributed by atoms with van der Waals surface area (Å²) in [5, 5.41) is 8.95. The molecule has 76 valence electrons. The quantitative estimate of drug-likeness (QED) is 0.831. The highest BCUT2D eigenvalue weighted by molar-refractivity contribution is 7.97. The van der Waals surface area contributed by atoms with Gasteiger partial charge in [-0.1, -0.05) is 6.07 Å². The minimum absolute atomic E-state index is 0.318. The Bertz CT molecular complexity index is 336. The third-order valence-corrected chi connectivity index (χ3v) is 2.45. The average molecular weight is 212 g/mol. The van der Waals surface area contributed by atoms with Crippen LogP contribution in [0, 0.1) is 0 Å². The third kappa shape index (κ3) is 2.20. The Morgan fingerprint density at radius 2 is 2.29 bits per heavy atom. The first kappa shape index (κ1) is 10.9. The Balaban J connectivity index is 3.20. The Labute approximate surface area is 87.1 Å². The van der Waals surface area contributed by atoms with Crippen molar-refractivity contribution in [3.63, 3.8) is 0 Å². The van der Waals surface area contributed by atoms with Gasteiger partial charge in [0, 0.05) is 11.3 Å². The summed E-state index contributed by atoms with van der Waals surface area (Å²) in [6.45, 7) is 0. The van der Waals surface area contributed by atoms with E-state index in [-0.39, 0.29) is 0 Å². The molecule has 0 aliphatic carbocycles. The first-order valence-electron chi connectivity index (χ1n) is 4.08. The highest BCUT2D eigenvalue weighted by Crippen LogP contribution is 2.25. The number of methoxy groups -OCH3 is 1. The molecule has 0 aliphatic rings. The van der Waals surface area contributed by atoms with E-state index in [9.17, 15) is 4.79 Å². The maximum Gasteiger partial charge on any atom is 0.336 e. The molecule has 1 aromatic carbocycles. The number of aromatic carboxylic acids is 1. The summed E-state index contributed by atoms with van der Waals surface area (Å²) in [6.07, 6.45) is 1.93. The fourth-order valence-corrected chi connectivity index (χ4v) is 1.84. The van der Waals surface area contributed by atoms with E-state index in [0.717, 1.165) is 5.56 Å². The van der Waals surface area contributed by atoms with Gasteiger partial charge < -0.3 is 9.84 Å². The van der Waals surface area contributed by atoms with E-state index in [0.29, 0.717) is 17.1 Å². The topological polar surface area (TPSA) is 46.5 Å². The van der Waals surface area contributed by atoms with Gasteiger partial charge in [0.15, 0.2) is 0 Å². The number of carboxylic acids is 1. The van der Waals surface area contributed by atoms with Crippen LogP contribution in [0.2, 0.25) is 0 Å². The molecule has 0 heterocycles. The van der Waals surface area contributed by atoms with Gasteiger partial charge in [-0.3, -0.25) is 0 Å². The third-order valence-electron chi connectivity index (χ3n) is 1.87. The molecule has 0 bridgehead atoms. The summed E-state index contributed by atoms with van der Waals surface area (Å²) in [5.41, 5.74) is 1.06. The van der Waals surface area contributed by atoms with Gasteiger partial charge in [0.25, 0.3) is 0 Å². The molecule has 1 rings (SSSR count). The Hall–Kier alpha value is -1.16. The zero-order valence-corrected chi connectivity index (χ0v) is 8.93. The number of benzene rings is 1. The van der Waals surface area contributed by atoms with Crippen molar-refractivity contribution < 1.29 is 14.6 Å². The van der Waals surface area contributed by atoms with Gasteiger partial charge in [0.05, 0.1) is 12.7 Å². The molecule has 0 saturated carbocycles. The highest BCUT2D eigenvalue weighted by atomic mass is 32.2. The van der Waals surface area contributed by atoms with E-state index >= 15 is 0 Å². The predicted molar refractivity (Wildman–Crippen MR) is 57.2 cm³/mol. The molecule has 1 aromatic rings.